The molecule has 3 aromatic rings. The fourth-order valence-electron chi connectivity index (χ4n) is 3.92. The van der Waals surface area contributed by atoms with Crippen LogP contribution in [0.25, 0.3) is 5.69 Å². The van der Waals surface area contributed by atoms with E-state index in [0.29, 0.717) is 25.8 Å². The number of hydrogen-bond donors (Lipinski definition) is 0. The van der Waals surface area contributed by atoms with E-state index >= 15 is 0 Å². The highest BCUT2D eigenvalue weighted by Gasteiger charge is 2.29. The minimum atomic E-state index is 0.335. The highest BCUT2D eigenvalue weighted by atomic mass is 16.6. The molecule has 2 aliphatic heterocycles. The largest absolute Gasteiger partial charge is 0.486 e. The topological polar surface area (TPSA) is 65.3 Å². The maximum Gasteiger partial charge on any atom is 0.170 e. The van der Waals surface area contributed by atoms with Gasteiger partial charge in [-0.1, -0.05) is 24.3 Å². The molecule has 0 aliphatic carbocycles. The van der Waals surface area contributed by atoms with Gasteiger partial charge in [0.15, 0.2) is 17.3 Å². The van der Waals surface area contributed by atoms with Crippen LogP contribution in [-0.4, -0.2) is 44.9 Å². The Morgan fingerprint density at radius 1 is 1.00 bits per heavy atom. The summed E-state index contributed by atoms with van der Waals surface area (Å²) in [6.45, 7) is 2.96. The fourth-order valence-corrected chi connectivity index (χ4v) is 3.92. The second kappa shape index (κ2) is 7.00. The number of aromatic nitrogens is 4. The third-order valence-corrected chi connectivity index (χ3v) is 5.19. The first-order valence-corrected chi connectivity index (χ1v) is 9.35. The Kier molecular flexibility index (Phi) is 4.21. The van der Waals surface area contributed by atoms with E-state index in [4.69, 9.17) is 9.47 Å². The molecule has 1 fully saturated rings. The summed E-state index contributed by atoms with van der Waals surface area (Å²) in [7, 11) is 0. The molecule has 3 heterocycles. The highest BCUT2D eigenvalue weighted by Crippen LogP contribution is 2.38. The lowest BCUT2D eigenvalue weighted by atomic mass is 10.0. The maximum atomic E-state index is 5.76. The summed E-state index contributed by atoms with van der Waals surface area (Å²) in [5.41, 5.74) is 2.24. The molecule has 0 unspecified atom stereocenters. The summed E-state index contributed by atoms with van der Waals surface area (Å²) in [5.74, 6) is 2.54. The molecule has 1 saturated heterocycles. The van der Waals surface area contributed by atoms with Gasteiger partial charge in [0.1, 0.15) is 13.2 Å². The molecule has 0 saturated carbocycles. The average Bonchev–Trinajstić information content (AvgIpc) is 3.38. The summed E-state index contributed by atoms with van der Waals surface area (Å²) in [4.78, 5) is 2.44. The van der Waals surface area contributed by atoms with Crippen LogP contribution in [0.15, 0.2) is 48.5 Å². The van der Waals surface area contributed by atoms with Gasteiger partial charge >= 0.3 is 0 Å². The molecule has 27 heavy (non-hydrogen) atoms. The number of hydrogen-bond acceptors (Lipinski definition) is 6. The molecule has 7 heteroatoms. The Morgan fingerprint density at radius 3 is 2.74 bits per heavy atom. The number of nitrogens with zero attached hydrogens (tertiary/aromatic N) is 5. The van der Waals surface area contributed by atoms with Crippen LogP contribution < -0.4 is 9.47 Å². The van der Waals surface area contributed by atoms with E-state index in [1.165, 1.54) is 5.56 Å². The average molecular weight is 363 g/mol. The van der Waals surface area contributed by atoms with Crippen molar-refractivity contribution in [2.75, 3.05) is 19.8 Å². The lowest BCUT2D eigenvalue weighted by Gasteiger charge is -2.26. The van der Waals surface area contributed by atoms with Crippen LogP contribution in [0.3, 0.4) is 0 Å². The van der Waals surface area contributed by atoms with E-state index in [1.54, 1.807) is 0 Å². The molecular formula is C20H21N5O2. The van der Waals surface area contributed by atoms with Gasteiger partial charge in [-0.05, 0) is 59.6 Å². The van der Waals surface area contributed by atoms with E-state index < -0.39 is 0 Å². The zero-order valence-corrected chi connectivity index (χ0v) is 15.0. The van der Waals surface area contributed by atoms with Gasteiger partial charge in [0, 0.05) is 6.04 Å². The molecule has 0 bridgehead atoms. The lowest BCUT2D eigenvalue weighted by Crippen LogP contribution is -2.25. The second-order valence-corrected chi connectivity index (χ2v) is 6.87. The van der Waals surface area contributed by atoms with Crippen molar-refractivity contribution in [2.45, 2.75) is 25.4 Å². The Hall–Kier alpha value is -2.93. The SMILES string of the molecule is c1ccc(-n2nnnc2CN2CCC[C@H]2c2ccc3c(c2)OCCO3)cc1. The minimum Gasteiger partial charge on any atom is -0.486 e. The molecule has 0 spiro atoms. The summed E-state index contributed by atoms with van der Waals surface area (Å²) in [6, 6.07) is 16.6. The number of benzene rings is 2. The maximum absolute atomic E-state index is 5.76. The molecule has 0 radical (unpaired) electrons. The van der Waals surface area contributed by atoms with Crippen molar-refractivity contribution in [1.29, 1.82) is 0 Å². The summed E-state index contributed by atoms with van der Waals surface area (Å²) >= 11 is 0. The molecule has 5 rings (SSSR count). The fraction of sp³-hybridized carbons (Fsp3) is 0.350. The van der Waals surface area contributed by atoms with Crippen LogP contribution in [0, 0.1) is 0 Å². The van der Waals surface area contributed by atoms with Crippen molar-refractivity contribution in [1.82, 2.24) is 25.1 Å². The molecule has 0 amide bonds. The molecule has 1 aromatic heterocycles. The zero-order valence-electron chi connectivity index (χ0n) is 15.0. The first-order valence-electron chi connectivity index (χ1n) is 9.35. The van der Waals surface area contributed by atoms with Crippen molar-refractivity contribution in [3.8, 4) is 17.2 Å². The summed E-state index contributed by atoms with van der Waals surface area (Å²) in [6.07, 6.45) is 2.28. The van der Waals surface area contributed by atoms with E-state index in [9.17, 15) is 0 Å². The van der Waals surface area contributed by atoms with Gasteiger partial charge in [-0.3, -0.25) is 4.90 Å². The quantitative estimate of drug-likeness (QED) is 0.710. The lowest BCUT2D eigenvalue weighted by molar-refractivity contribution is 0.170. The molecule has 2 aromatic carbocycles. The van der Waals surface area contributed by atoms with Crippen molar-refractivity contribution in [3.63, 3.8) is 0 Å². The Morgan fingerprint density at radius 2 is 1.85 bits per heavy atom. The third kappa shape index (κ3) is 3.14. The second-order valence-electron chi connectivity index (χ2n) is 6.87. The van der Waals surface area contributed by atoms with Crippen molar-refractivity contribution in [3.05, 3.63) is 59.9 Å². The Balaban J connectivity index is 1.39. The molecule has 7 nitrogen and oxygen atoms in total. The first-order chi connectivity index (χ1) is 13.4. The van der Waals surface area contributed by atoms with Gasteiger partial charge in [-0.15, -0.1) is 5.10 Å². The Bertz CT molecular complexity index is 927. The number of likely N-dealkylation sites (tertiary alicyclic amines) is 1. The van der Waals surface area contributed by atoms with Crippen LogP contribution in [-0.2, 0) is 6.54 Å². The minimum absolute atomic E-state index is 0.335. The van der Waals surface area contributed by atoms with E-state index in [-0.39, 0.29) is 0 Å². The monoisotopic (exact) mass is 363 g/mol. The van der Waals surface area contributed by atoms with Crippen LogP contribution in [0.2, 0.25) is 0 Å². The molecule has 1 atom stereocenters. The van der Waals surface area contributed by atoms with Crippen LogP contribution in [0.4, 0.5) is 0 Å². The smallest absolute Gasteiger partial charge is 0.170 e. The molecule has 138 valence electrons. The predicted molar refractivity (Wildman–Crippen MR) is 99.0 cm³/mol. The predicted octanol–water partition coefficient (Wildman–Crippen LogP) is 2.77. The highest BCUT2D eigenvalue weighted by molar-refractivity contribution is 5.45. The van der Waals surface area contributed by atoms with Gasteiger partial charge in [-0.2, -0.15) is 4.68 Å². The number of fused-ring (bicyclic) bond motifs is 1. The van der Waals surface area contributed by atoms with Crippen molar-refractivity contribution >= 4 is 0 Å². The van der Waals surface area contributed by atoms with Gasteiger partial charge in [0.05, 0.1) is 12.2 Å². The first kappa shape index (κ1) is 16.3. The van der Waals surface area contributed by atoms with Crippen LogP contribution >= 0.6 is 0 Å². The van der Waals surface area contributed by atoms with Gasteiger partial charge in [0.2, 0.25) is 0 Å². The van der Waals surface area contributed by atoms with E-state index in [1.807, 2.05) is 41.1 Å². The molecule has 0 N–H and O–H groups in total. The van der Waals surface area contributed by atoms with Crippen LogP contribution in [0.5, 0.6) is 11.5 Å². The van der Waals surface area contributed by atoms with E-state index in [0.717, 1.165) is 42.4 Å². The van der Waals surface area contributed by atoms with Crippen molar-refractivity contribution in [2.24, 2.45) is 0 Å². The number of tetrazole rings is 1. The standard InChI is InChI=1S/C20H21N5O2/c1-2-5-16(6-3-1)25-20(21-22-23-25)14-24-10-4-7-17(24)15-8-9-18-19(13-15)27-12-11-26-18/h1-3,5-6,8-9,13,17H,4,7,10-12,14H2/t17-/m0/s1. The third-order valence-electron chi connectivity index (χ3n) is 5.19. The van der Waals surface area contributed by atoms with Gasteiger partial charge < -0.3 is 9.47 Å². The summed E-state index contributed by atoms with van der Waals surface area (Å²) < 4.78 is 13.2. The van der Waals surface area contributed by atoms with Crippen molar-refractivity contribution < 1.29 is 9.47 Å². The summed E-state index contributed by atoms with van der Waals surface area (Å²) in [5, 5.41) is 12.3. The van der Waals surface area contributed by atoms with Gasteiger partial charge in [-0.25, -0.2) is 0 Å². The van der Waals surface area contributed by atoms with Gasteiger partial charge in [0.25, 0.3) is 0 Å². The normalized spacial score (nSPS) is 19.3. The number of rotatable bonds is 4. The zero-order chi connectivity index (χ0) is 18.1. The molecule has 2 aliphatic rings. The van der Waals surface area contributed by atoms with Crippen LogP contribution in [0.1, 0.15) is 30.3 Å². The molecular weight excluding hydrogens is 342 g/mol. The Labute approximate surface area is 157 Å². The van der Waals surface area contributed by atoms with E-state index in [2.05, 4.69) is 32.6 Å². The number of para-hydroxylation sites is 1. The number of ether oxygens (including phenoxy) is 2.